The van der Waals surface area contributed by atoms with E-state index in [0.29, 0.717) is 16.1 Å². The van der Waals surface area contributed by atoms with Gasteiger partial charge in [0.2, 0.25) is 11.7 Å². The largest absolute Gasteiger partial charge is 0.465 e. The third-order valence-corrected chi connectivity index (χ3v) is 5.84. The molecule has 2 aromatic heterocycles. The molecule has 1 aliphatic carbocycles. The molecule has 10 heteroatoms. The lowest BCUT2D eigenvalue weighted by Crippen LogP contribution is -2.21. The van der Waals surface area contributed by atoms with Gasteiger partial charge in [-0.1, -0.05) is 12.1 Å². The molecule has 0 bridgehead atoms. The van der Waals surface area contributed by atoms with E-state index in [2.05, 4.69) is 20.7 Å². The van der Waals surface area contributed by atoms with Crippen molar-refractivity contribution in [2.24, 2.45) is 0 Å². The Bertz CT molecular complexity index is 1080. The molecule has 4 rings (SSSR count). The molecule has 0 saturated carbocycles. The summed E-state index contributed by atoms with van der Waals surface area (Å²) < 4.78 is 18.3. The number of amides is 1. The number of thiophene rings is 1. The molecule has 8 nitrogen and oxygen atoms in total. The summed E-state index contributed by atoms with van der Waals surface area (Å²) in [7, 11) is 1.33. The van der Waals surface area contributed by atoms with E-state index < -0.39 is 17.7 Å². The Balaban J connectivity index is 1.51. The zero-order valence-corrected chi connectivity index (χ0v) is 16.5. The molecule has 0 aliphatic heterocycles. The summed E-state index contributed by atoms with van der Waals surface area (Å²) in [6, 6.07) is 5.81. The number of aromatic nitrogens is 4. The molecule has 0 radical (unpaired) electrons. The SMILES string of the molecule is COC(=O)c1c(NC(=O)Cn2nnc(-c3cccc(F)c3)n2)sc2c1CCCC2. The lowest BCUT2D eigenvalue weighted by molar-refractivity contribution is -0.117. The molecular formula is C19H18FN5O3S. The van der Waals surface area contributed by atoms with Gasteiger partial charge < -0.3 is 10.1 Å². The van der Waals surface area contributed by atoms with Crippen molar-refractivity contribution in [1.29, 1.82) is 0 Å². The van der Waals surface area contributed by atoms with Crippen molar-refractivity contribution >= 4 is 28.2 Å². The molecule has 1 N–H and O–H groups in total. The summed E-state index contributed by atoms with van der Waals surface area (Å²) in [4.78, 5) is 27.0. The molecule has 0 atom stereocenters. The van der Waals surface area contributed by atoms with Crippen LogP contribution < -0.4 is 5.32 Å². The van der Waals surface area contributed by atoms with Crippen molar-refractivity contribution in [3.8, 4) is 11.4 Å². The second kappa shape index (κ2) is 8.08. The number of fused-ring (bicyclic) bond motifs is 1. The van der Waals surface area contributed by atoms with Crippen molar-refractivity contribution in [2.75, 3.05) is 12.4 Å². The molecule has 0 saturated heterocycles. The first-order valence-electron chi connectivity index (χ1n) is 9.11. The summed E-state index contributed by atoms with van der Waals surface area (Å²) in [6.07, 6.45) is 3.76. The number of hydrogen-bond donors (Lipinski definition) is 1. The van der Waals surface area contributed by atoms with E-state index >= 15 is 0 Å². The first kappa shape index (κ1) is 19.2. The number of methoxy groups -OCH3 is 1. The number of nitrogens with zero attached hydrogens (tertiary/aromatic N) is 4. The third kappa shape index (κ3) is 4.02. The van der Waals surface area contributed by atoms with E-state index in [1.54, 1.807) is 12.1 Å². The van der Waals surface area contributed by atoms with Crippen molar-refractivity contribution < 1.29 is 18.7 Å². The van der Waals surface area contributed by atoms with E-state index in [0.717, 1.165) is 40.9 Å². The van der Waals surface area contributed by atoms with Crippen molar-refractivity contribution in [2.45, 2.75) is 32.2 Å². The van der Waals surface area contributed by atoms with Crippen LogP contribution in [-0.2, 0) is 28.9 Å². The second-order valence-corrected chi connectivity index (χ2v) is 7.71. The molecule has 1 aromatic carbocycles. The highest BCUT2D eigenvalue weighted by Gasteiger charge is 2.27. The van der Waals surface area contributed by atoms with Crippen LogP contribution in [-0.4, -0.2) is 39.2 Å². The highest BCUT2D eigenvalue weighted by molar-refractivity contribution is 7.17. The number of tetrazole rings is 1. The van der Waals surface area contributed by atoms with Gasteiger partial charge in [-0.15, -0.1) is 21.5 Å². The minimum Gasteiger partial charge on any atom is -0.465 e. The fourth-order valence-corrected chi connectivity index (χ4v) is 4.61. The number of halogens is 1. The van der Waals surface area contributed by atoms with E-state index in [1.165, 1.54) is 30.6 Å². The van der Waals surface area contributed by atoms with Gasteiger partial charge >= 0.3 is 5.97 Å². The smallest absolute Gasteiger partial charge is 0.341 e. The summed E-state index contributed by atoms with van der Waals surface area (Å²) in [5, 5.41) is 15.1. The van der Waals surface area contributed by atoms with Crippen LogP contribution in [0.25, 0.3) is 11.4 Å². The molecule has 1 amide bonds. The Morgan fingerprint density at radius 2 is 2.14 bits per heavy atom. The van der Waals surface area contributed by atoms with Crippen LogP contribution in [0.4, 0.5) is 9.39 Å². The van der Waals surface area contributed by atoms with E-state index in [-0.39, 0.29) is 12.4 Å². The lowest BCUT2D eigenvalue weighted by atomic mass is 9.95. The van der Waals surface area contributed by atoms with Gasteiger partial charge in [-0.25, -0.2) is 9.18 Å². The van der Waals surface area contributed by atoms with Gasteiger partial charge in [0.15, 0.2) is 0 Å². The zero-order chi connectivity index (χ0) is 20.4. The van der Waals surface area contributed by atoms with Gasteiger partial charge in [0.1, 0.15) is 17.4 Å². The summed E-state index contributed by atoms with van der Waals surface area (Å²) in [6.45, 7) is -0.189. The molecule has 3 aromatic rings. The minimum atomic E-state index is -0.452. The minimum absolute atomic E-state index is 0.189. The lowest BCUT2D eigenvalue weighted by Gasteiger charge is -2.11. The first-order valence-corrected chi connectivity index (χ1v) is 9.93. The maximum atomic E-state index is 13.4. The van der Waals surface area contributed by atoms with E-state index in [4.69, 9.17) is 4.74 Å². The molecule has 2 heterocycles. The molecule has 0 unspecified atom stereocenters. The van der Waals surface area contributed by atoms with Crippen molar-refractivity contribution in [1.82, 2.24) is 20.2 Å². The van der Waals surface area contributed by atoms with Crippen LogP contribution in [0.2, 0.25) is 0 Å². The maximum Gasteiger partial charge on any atom is 0.341 e. The average Bonchev–Trinajstić information content (AvgIpc) is 3.31. The number of rotatable bonds is 5. The number of nitrogens with one attached hydrogen (secondary N) is 1. The Kier molecular flexibility index (Phi) is 5.34. The van der Waals surface area contributed by atoms with Crippen molar-refractivity contribution in [3.05, 3.63) is 46.1 Å². The molecular weight excluding hydrogens is 397 g/mol. The highest BCUT2D eigenvalue weighted by Crippen LogP contribution is 2.38. The van der Waals surface area contributed by atoms with Crippen molar-refractivity contribution in [3.63, 3.8) is 0 Å². The Morgan fingerprint density at radius 3 is 2.93 bits per heavy atom. The number of esters is 1. The third-order valence-electron chi connectivity index (χ3n) is 4.63. The average molecular weight is 415 g/mol. The molecule has 0 spiro atoms. The topological polar surface area (TPSA) is 99.0 Å². The predicted octanol–water partition coefficient (Wildman–Crippen LogP) is 2.84. The standard InChI is InChI=1S/C19H18FN5O3S/c1-28-19(27)16-13-7-2-3-8-14(13)29-18(16)21-15(26)10-25-23-17(22-24-25)11-5-4-6-12(20)9-11/h4-6,9H,2-3,7-8,10H2,1H3,(H,21,26). The fraction of sp³-hybridized carbons (Fsp3) is 0.316. The number of ether oxygens (including phenoxy) is 1. The van der Waals surface area contributed by atoms with Crippen LogP contribution in [0, 0.1) is 5.82 Å². The van der Waals surface area contributed by atoms with Crippen LogP contribution in [0.15, 0.2) is 24.3 Å². The Labute approximate surface area is 169 Å². The van der Waals surface area contributed by atoms with Gasteiger partial charge in [0.05, 0.1) is 12.7 Å². The highest BCUT2D eigenvalue weighted by atomic mass is 32.1. The van der Waals surface area contributed by atoms with Gasteiger partial charge in [-0.2, -0.15) is 4.80 Å². The van der Waals surface area contributed by atoms with Crippen LogP contribution in [0.5, 0.6) is 0 Å². The maximum absolute atomic E-state index is 13.4. The normalized spacial score (nSPS) is 13.0. The predicted molar refractivity (Wildman–Crippen MR) is 104 cm³/mol. The summed E-state index contributed by atoms with van der Waals surface area (Å²) >= 11 is 1.41. The Morgan fingerprint density at radius 1 is 1.31 bits per heavy atom. The van der Waals surface area contributed by atoms with Crippen LogP contribution in [0.1, 0.15) is 33.6 Å². The summed E-state index contributed by atoms with van der Waals surface area (Å²) in [5.74, 6) is -1.03. The number of benzene rings is 1. The number of anilines is 1. The van der Waals surface area contributed by atoms with Crippen LogP contribution in [0.3, 0.4) is 0 Å². The zero-order valence-electron chi connectivity index (χ0n) is 15.6. The van der Waals surface area contributed by atoms with E-state index in [9.17, 15) is 14.0 Å². The molecule has 150 valence electrons. The summed E-state index contributed by atoms with van der Waals surface area (Å²) in [5.41, 5.74) is 1.87. The van der Waals surface area contributed by atoms with Gasteiger partial charge in [-0.05, 0) is 48.6 Å². The number of carbonyl (C=O) groups excluding carboxylic acids is 2. The van der Waals surface area contributed by atoms with Gasteiger partial charge in [0.25, 0.3) is 0 Å². The first-order chi connectivity index (χ1) is 14.0. The fourth-order valence-electron chi connectivity index (χ4n) is 3.32. The van der Waals surface area contributed by atoms with Crippen LogP contribution >= 0.6 is 11.3 Å². The molecule has 0 fully saturated rings. The monoisotopic (exact) mass is 415 g/mol. The molecule has 1 aliphatic rings. The van der Waals surface area contributed by atoms with E-state index in [1.807, 2.05) is 0 Å². The number of carbonyl (C=O) groups is 2. The number of hydrogen-bond acceptors (Lipinski definition) is 7. The Hall–Kier alpha value is -3.14. The van der Waals surface area contributed by atoms with Gasteiger partial charge in [-0.3, -0.25) is 4.79 Å². The number of aryl methyl sites for hydroxylation is 1. The van der Waals surface area contributed by atoms with Gasteiger partial charge in [0, 0.05) is 10.4 Å². The second-order valence-electron chi connectivity index (χ2n) is 6.61. The molecule has 29 heavy (non-hydrogen) atoms. The quantitative estimate of drug-likeness (QED) is 0.644.